The summed E-state index contributed by atoms with van der Waals surface area (Å²) < 4.78 is 23.0. The number of aromatic nitrogens is 1. The van der Waals surface area contributed by atoms with Gasteiger partial charge in [0.15, 0.2) is 15.0 Å². The predicted molar refractivity (Wildman–Crippen MR) is 81.6 cm³/mol. The molecule has 1 unspecified atom stereocenters. The summed E-state index contributed by atoms with van der Waals surface area (Å²) in [5, 5.41) is 0.527. The number of anilines is 1. The van der Waals surface area contributed by atoms with Gasteiger partial charge in [0.2, 0.25) is 0 Å². The van der Waals surface area contributed by atoms with E-state index in [-0.39, 0.29) is 6.04 Å². The molecule has 20 heavy (non-hydrogen) atoms. The Morgan fingerprint density at radius 3 is 2.25 bits per heavy atom. The number of benzene rings is 1. The summed E-state index contributed by atoms with van der Waals surface area (Å²) >= 11 is 1.44. The zero-order valence-corrected chi connectivity index (χ0v) is 13.2. The highest BCUT2D eigenvalue weighted by atomic mass is 32.2. The van der Waals surface area contributed by atoms with Gasteiger partial charge in [-0.25, -0.2) is 13.4 Å². The Morgan fingerprint density at radius 2 is 1.85 bits per heavy atom. The van der Waals surface area contributed by atoms with Crippen molar-refractivity contribution in [2.75, 3.05) is 26.1 Å². The SMILES string of the molecule is CN(C)C(c1ccc(S(C)(=O)=O)cc1)c1cnc(N)s1. The second-order valence-electron chi connectivity index (χ2n) is 4.81. The third-order valence-electron chi connectivity index (χ3n) is 2.95. The fraction of sp³-hybridized carbons (Fsp3) is 0.308. The van der Waals surface area contributed by atoms with Crippen LogP contribution in [0.3, 0.4) is 0 Å². The summed E-state index contributed by atoms with van der Waals surface area (Å²) in [6.07, 6.45) is 2.96. The van der Waals surface area contributed by atoms with Gasteiger partial charge >= 0.3 is 0 Å². The molecule has 0 aliphatic heterocycles. The first-order chi connectivity index (χ1) is 9.29. The Labute approximate surface area is 123 Å². The molecular weight excluding hydrogens is 294 g/mol. The van der Waals surface area contributed by atoms with E-state index in [9.17, 15) is 8.42 Å². The highest BCUT2D eigenvalue weighted by Gasteiger charge is 2.19. The van der Waals surface area contributed by atoms with E-state index in [1.165, 1.54) is 17.6 Å². The minimum atomic E-state index is -3.17. The van der Waals surface area contributed by atoms with Crippen molar-refractivity contribution in [1.82, 2.24) is 9.88 Å². The van der Waals surface area contributed by atoms with E-state index < -0.39 is 9.84 Å². The van der Waals surface area contributed by atoms with Crippen LogP contribution < -0.4 is 5.73 Å². The maximum absolute atomic E-state index is 11.5. The van der Waals surface area contributed by atoms with Gasteiger partial charge in [0, 0.05) is 17.3 Å². The highest BCUT2D eigenvalue weighted by molar-refractivity contribution is 7.90. The van der Waals surface area contributed by atoms with Crippen LogP contribution >= 0.6 is 11.3 Å². The molecule has 2 N–H and O–H groups in total. The van der Waals surface area contributed by atoms with Gasteiger partial charge in [-0.2, -0.15) is 0 Å². The fourth-order valence-electron chi connectivity index (χ4n) is 2.04. The molecule has 1 heterocycles. The van der Waals surface area contributed by atoms with Crippen LogP contribution in [0.4, 0.5) is 5.13 Å². The van der Waals surface area contributed by atoms with Gasteiger partial charge in [-0.05, 0) is 31.8 Å². The number of rotatable bonds is 4. The average Bonchev–Trinajstić information content (AvgIpc) is 2.75. The number of nitrogens with two attached hydrogens (primary N) is 1. The number of sulfone groups is 1. The maximum Gasteiger partial charge on any atom is 0.180 e. The monoisotopic (exact) mass is 311 g/mol. The molecule has 0 saturated heterocycles. The van der Waals surface area contributed by atoms with Crippen LogP contribution in [0.1, 0.15) is 16.5 Å². The number of nitrogens with zero attached hydrogens (tertiary/aromatic N) is 2. The van der Waals surface area contributed by atoms with Crippen molar-refractivity contribution >= 4 is 26.3 Å². The minimum Gasteiger partial charge on any atom is -0.375 e. The molecule has 0 spiro atoms. The lowest BCUT2D eigenvalue weighted by atomic mass is 10.1. The maximum atomic E-state index is 11.5. The first-order valence-corrected chi connectivity index (χ1v) is 8.67. The first kappa shape index (κ1) is 15.0. The third-order valence-corrected chi connectivity index (χ3v) is 4.96. The zero-order chi connectivity index (χ0) is 14.9. The zero-order valence-electron chi connectivity index (χ0n) is 11.6. The van der Waals surface area contributed by atoms with Crippen molar-refractivity contribution in [2.24, 2.45) is 0 Å². The van der Waals surface area contributed by atoms with Crippen LogP contribution in [0.5, 0.6) is 0 Å². The number of thiazole rings is 1. The van der Waals surface area contributed by atoms with Crippen molar-refractivity contribution in [3.05, 3.63) is 40.9 Å². The van der Waals surface area contributed by atoms with E-state index in [2.05, 4.69) is 4.98 Å². The second kappa shape index (κ2) is 5.51. The standard InChI is InChI=1S/C13H17N3O2S2/c1-16(2)12(11-8-15-13(14)19-11)9-4-6-10(7-5-9)20(3,17)18/h4-8,12H,1-3H3,(H2,14,15). The molecule has 1 aromatic heterocycles. The molecule has 5 nitrogen and oxygen atoms in total. The van der Waals surface area contributed by atoms with Crippen LogP contribution in [-0.4, -0.2) is 38.7 Å². The first-order valence-electron chi connectivity index (χ1n) is 5.96. The van der Waals surface area contributed by atoms with Crippen LogP contribution in [0, 0.1) is 0 Å². The lowest BCUT2D eigenvalue weighted by Crippen LogP contribution is -2.20. The highest BCUT2D eigenvalue weighted by Crippen LogP contribution is 2.32. The van der Waals surface area contributed by atoms with Gasteiger partial charge in [-0.1, -0.05) is 12.1 Å². The summed E-state index contributed by atoms with van der Waals surface area (Å²) in [5.74, 6) is 0. The molecule has 7 heteroatoms. The minimum absolute atomic E-state index is 0.0124. The van der Waals surface area contributed by atoms with E-state index >= 15 is 0 Å². The van der Waals surface area contributed by atoms with Crippen molar-refractivity contribution in [3.63, 3.8) is 0 Å². The second-order valence-corrected chi connectivity index (χ2v) is 7.92. The van der Waals surface area contributed by atoms with Gasteiger partial charge in [0.1, 0.15) is 0 Å². The summed E-state index contributed by atoms with van der Waals surface area (Å²) in [6.45, 7) is 0. The van der Waals surface area contributed by atoms with E-state index in [1.54, 1.807) is 18.3 Å². The molecule has 0 aliphatic rings. The summed E-state index contributed by atoms with van der Waals surface area (Å²) in [6, 6.07) is 6.93. The molecule has 2 rings (SSSR count). The Morgan fingerprint density at radius 1 is 1.25 bits per heavy atom. The number of hydrogen-bond donors (Lipinski definition) is 1. The van der Waals surface area contributed by atoms with Gasteiger partial charge in [0.05, 0.1) is 10.9 Å². The van der Waals surface area contributed by atoms with Crippen LogP contribution in [-0.2, 0) is 9.84 Å². The number of nitrogen functional groups attached to an aromatic ring is 1. The lowest BCUT2D eigenvalue weighted by Gasteiger charge is -2.23. The molecule has 0 radical (unpaired) electrons. The summed E-state index contributed by atoms with van der Waals surface area (Å²) in [5.41, 5.74) is 6.69. The lowest BCUT2D eigenvalue weighted by molar-refractivity contribution is 0.346. The van der Waals surface area contributed by atoms with Gasteiger partial charge in [0.25, 0.3) is 0 Å². The van der Waals surface area contributed by atoms with Crippen LogP contribution in [0.2, 0.25) is 0 Å². The molecule has 0 fully saturated rings. The van der Waals surface area contributed by atoms with E-state index in [1.807, 2.05) is 31.1 Å². The Hall–Kier alpha value is -1.44. The molecule has 0 bridgehead atoms. The van der Waals surface area contributed by atoms with E-state index in [4.69, 9.17) is 5.73 Å². The molecule has 0 amide bonds. The predicted octanol–water partition coefficient (Wildman–Crippen LogP) is 1.78. The molecule has 2 aromatic rings. The van der Waals surface area contributed by atoms with Crippen molar-refractivity contribution in [1.29, 1.82) is 0 Å². The van der Waals surface area contributed by atoms with E-state index in [0.29, 0.717) is 10.0 Å². The van der Waals surface area contributed by atoms with Crippen molar-refractivity contribution in [2.45, 2.75) is 10.9 Å². The number of hydrogen-bond acceptors (Lipinski definition) is 6. The molecule has 0 saturated carbocycles. The fourth-order valence-corrected chi connectivity index (χ4v) is 3.58. The Bertz CT molecular complexity index is 691. The third kappa shape index (κ3) is 3.17. The van der Waals surface area contributed by atoms with Crippen LogP contribution in [0.15, 0.2) is 35.4 Å². The van der Waals surface area contributed by atoms with Gasteiger partial charge in [-0.3, -0.25) is 4.90 Å². The molecule has 1 atom stereocenters. The molecule has 108 valence electrons. The van der Waals surface area contributed by atoms with Crippen molar-refractivity contribution in [3.8, 4) is 0 Å². The molecule has 0 aliphatic carbocycles. The van der Waals surface area contributed by atoms with Gasteiger partial charge < -0.3 is 5.73 Å². The smallest absolute Gasteiger partial charge is 0.180 e. The quantitative estimate of drug-likeness (QED) is 0.931. The Balaban J connectivity index is 2.41. The summed E-state index contributed by atoms with van der Waals surface area (Å²) in [7, 11) is 0.757. The normalized spacial score (nSPS) is 13.6. The van der Waals surface area contributed by atoms with Gasteiger partial charge in [-0.15, -0.1) is 11.3 Å². The molecular formula is C13H17N3O2S2. The summed E-state index contributed by atoms with van der Waals surface area (Å²) in [4.78, 5) is 7.47. The van der Waals surface area contributed by atoms with Crippen LogP contribution in [0.25, 0.3) is 0 Å². The molecule has 1 aromatic carbocycles. The topological polar surface area (TPSA) is 76.3 Å². The Kier molecular flexibility index (Phi) is 4.12. The average molecular weight is 311 g/mol. The van der Waals surface area contributed by atoms with E-state index in [0.717, 1.165) is 10.4 Å². The largest absolute Gasteiger partial charge is 0.375 e. The van der Waals surface area contributed by atoms with Crippen molar-refractivity contribution < 1.29 is 8.42 Å².